The zero-order chi connectivity index (χ0) is 12.4. The van der Waals surface area contributed by atoms with Gasteiger partial charge in [-0.3, -0.25) is 0 Å². The van der Waals surface area contributed by atoms with Crippen LogP contribution in [0.2, 0.25) is 0 Å². The van der Waals surface area contributed by atoms with E-state index < -0.39 is 0 Å². The Kier molecular flexibility index (Phi) is 2.08. The molecule has 3 atom stereocenters. The first-order valence-electron chi connectivity index (χ1n) is 6.71. The first kappa shape index (κ1) is 11.3. The van der Waals surface area contributed by atoms with Crippen LogP contribution in [0.3, 0.4) is 0 Å². The highest BCUT2D eigenvalue weighted by Gasteiger charge is 2.58. The van der Waals surface area contributed by atoms with E-state index in [1.54, 1.807) is 11.1 Å². The van der Waals surface area contributed by atoms with Gasteiger partial charge in [0, 0.05) is 6.04 Å². The Morgan fingerprint density at radius 3 is 2.47 bits per heavy atom. The van der Waals surface area contributed by atoms with Crippen molar-refractivity contribution in [3.05, 3.63) is 35.4 Å². The Morgan fingerprint density at radius 1 is 1.12 bits per heavy atom. The predicted octanol–water partition coefficient (Wildman–Crippen LogP) is 3.43. The van der Waals surface area contributed by atoms with E-state index >= 15 is 0 Å². The van der Waals surface area contributed by atoms with Gasteiger partial charge in [-0.05, 0) is 40.2 Å². The Labute approximate surface area is 104 Å². The van der Waals surface area contributed by atoms with Gasteiger partial charge >= 0.3 is 0 Å². The molecule has 0 radical (unpaired) electrons. The van der Waals surface area contributed by atoms with Crippen LogP contribution in [0.4, 0.5) is 0 Å². The molecule has 1 heteroatoms. The molecule has 17 heavy (non-hydrogen) atoms. The maximum atomic E-state index is 6.39. The maximum Gasteiger partial charge on any atom is 0.0131 e. The summed E-state index contributed by atoms with van der Waals surface area (Å²) in [7, 11) is 0. The average Bonchev–Trinajstić information content (AvgIpc) is 2.27. The summed E-state index contributed by atoms with van der Waals surface area (Å²) < 4.78 is 0. The molecular weight excluding hydrogens is 206 g/mol. The monoisotopic (exact) mass is 229 g/mol. The molecule has 1 saturated carbocycles. The third kappa shape index (κ3) is 1.29. The first-order chi connectivity index (χ1) is 7.86. The molecule has 0 spiro atoms. The van der Waals surface area contributed by atoms with Crippen LogP contribution in [0.5, 0.6) is 0 Å². The summed E-state index contributed by atoms with van der Waals surface area (Å²) in [5, 5.41) is 0. The molecular formula is C16H23N. The van der Waals surface area contributed by atoms with Gasteiger partial charge in [-0.2, -0.15) is 0 Å². The van der Waals surface area contributed by atoms with Crippen molar-refractivity contribution < 1.29 is 0 Å². The minimum absolute atomic E-state index is 0.261. The SMILES string of the molecule is CC1(C)CC2C(N)C(C)(C)C2c2ccccc21. The molecule has 1 fully saturated rings. The third-order valence-electron chi connectivity index (χ3n) is 5.32. The summed E-state index contributed by atoms with van der Waals surface area (Å²) in [6.07, 6.45) is 1.24. The van der Waals surface area contributed by atoms with Crippen LogP contribution < -0.4 is 5.73 Å². The molecule has 2 N–H and O–H groups in total. The first-order valence-corrected chi connectivity index (χ1v) is 6.71. The van der Waals surface area contributed by atoms with Gasteiger partial charge in [-0.15, -0.1) is 0 Å². The Morgan fingerprint density at radius 2 is 1.76 bits per heavy atom. The van der Waals surface area contributed by atoms with Crippen molar-refractivity contribution in [2.45, 2.75) is 51.5 Å². The highest BCUT2D eigenvalue weighted by atomic mass is 14.8. The van der Waals surface area contributed by atoms with Crippen LogP contribution in [0.1, 0.15) is 51.2 Å². The van der Waals surface area contributed by atoms with Gasteiger partial charge in [0.15, 0.2) is 0 Å². The smallest absolute Gasteiger partial charge is 0.0131 e. The molecule has 3 unspecified atom stereocenters. The number of nitrogens with two attached hydrogens (primary N) is 1. The van der Waals surface area contributed by atoms with Crippen LogP contribution in [-0.2, 0) is 5.41 Å². The Hall–Kier alpha value is -0.820. The summed E-state index contributed by atoms with van der Waals surface area (Å²) in [5.74, 6) is 1.34. The van der Waals surface area contributed by atoms with Crippen LogP contribution >= 0.6 is 0 Å². The van der Waals surface area contributed by atoms with Crippen molar-refractivity contribution in [1.29, 1.82) is 0 Å². The summed E-state index contributed by atoms with van der Waals surface area (Å²) in [6.45, 7) is 9.38. The van der Waals surface area contributed by atoms with Crippen LogP contribution in [0, 0.1) is 11.3 Å². The quantitative estimate of drug-likeness (QED) is 0.724. The van der Waals surface area contributed by atoms with E-state index in [0.29, 0.717) is 17.9 Å². The van der Waals surface area contributed by atoms with Crippen LogP contribution in [-0.4, -0.2) is 6.04 Å². The lowest BCUT2D eigenvalue weighted by Gasteiger charge is -2.62. The highest BCUT2D eigenvalue weighted by Crippen LogP contribution is 2.63. The van der Waals surface area contributed by atoms with E-state index in [-0.39, 0.29) is 10.8 Å². The van der Waals surface area contributed by atoms with Crippen molar-refractivity contribution in [2.24, 2.45) is 17.1 Å². The molecule has 0 amide bonds. The molecule has 0 saturated heterocycles. The number of fused-ring (bicyclic) bond motifs is 3. The molecule has 1 aromatic rings. The van der Waals surface area contributed by atoms with E-state index in [1.807, 2.05) is 0 Å². The Bertz CT molecular complexity index is 458. The van der Waals surface area contributed by atoms with Gasteiger partial charge in [-0.1, -0.05) is 52.0 Å². The summed E-state index contributed by atoms with van der Waals surface area (Å²) in [6, 6.07) is 9.34. The average molecular weight is 229 g/mol. The van der Waals surface area contributed by atoms with Crippen LogP contribution in [0.25, 0.3) is 0 Å². The standard InChI is InChI=1S/C16H23N/c1-15(2)9-11-13(16(3,4)14(11)17)10-7-5-6-8-12(10)15/h5-8,11,13-14H,9,17H2,1-4H3. The van der Waals surface area contributed by atoms with Crippen molar-refractivity contribution in [3.8, 4) is 0 Å². The minimum atomic E-state index is 0.261. The molecule has 0 aromatic heterocycles. The molecule has 2 aliphatic carbocycles. The van der Waals surface area contributed by atoms with Crippen molar-refractivity contribution in [1.82, 2.24) is 0 Å². The molecule has 1 nitrogen and oxygen atoms in total. The van der Waals surface area contributed by atoms with Gasteiger partial charge < -0.3 is 5.73 Å². The highest BCUT2D eigenvalue weighted by molar-refractivity contribution is 5.44. The number of rotatable bonds is 0. The number of benzene rings is 1. The second-order valence-electron chi connectivity index (χ2n) is 7.16. The zero-order valence-corrected chi connectivity index (χ0v) is 11.3. The van der Waals surface area contributed by atoms with Crippen molar-refractivity contribution in [2.75, 3.05) is 0 Å². The molecule has 92 valence electrons. The number of hydrogen-bond donors (Lipinski definition) is 1. The van der Waals surface area contributed by atoms with Crippen molar-refractivity contribution >= 4 is 0 Å². The fourth-order valence-corrected chi connectivity index (χ4v) is 4.36. The normalized spacial score (nSPS) is 36.6. The van der Waals surface area contributed by atoms with Crippen LogP contribution in [0.15, 0.2) is 24.3 Å². The summed E-state index contributed by atoms with van der Waals surface area (Å²) >= 11 is 0. The lowest BCUT2D eigenvalue weighted by atomic mass is 9.44. The number of hydrogen-bond acceptors (Lipinski definition) is 1. The molecule has 3 rings (SSSR count). The van der Waals surface area contributed by atoms with E-state index in [4.69, 9.17) is 5.73 Å². The molecule has 0 heterocycles. The van der Waals surface area contributed by atoms with Gasteiger partial charge in [0.05, 0.1) is 0 Å². The van der Waals surface area contributed by atoms with E-state index in [9.17, 15) is 0 Å². The molecule has 0 aliphatic heterocycles. The van der Waals surface area contributed by atoms with Gasteiger partial charge in [0.25, 0.3) is 0 Å². The fraction of sp³-hybridized carbons (Fsp3) is 0.625. The van der Waals surface area contributed by atoms with Crippen molar-refractivity contribution in [3.63, 3.8) is 0 Å². The molecule has 2 aliphatic rings. The lowest BCUT2D eigenvalue weighted by Crippen LogP contribution is -2.63. The second kappa shape index (κ2) is 3.14. The second-order valence-corrected chi connectivity index (χ2v) is 7.16. The third-order valence-corrected chi connectivity index (χ3v) is 5.32. The maximum absolute atomic E-state index is 6.39. The summed E-state index contributed by atoms with van der Waals surface area (Å²) in [5.41, 5.74) is 10.0. The Balaban J connectivity index is 2.15. The largest absolute Gasteiger partial charge is 0.327 e. The molecule has 0 bridgehead atoms. The topological polar surface area (TPSA) is 26.0 Å². The zero-order valence-electron chi connectivity index (χ0n) is 11.3. The molecule has 1 aromatic carbocycles. The lowest BCUT2D eigenvalue weighted by molar-refractivity contribution is -0.0143. The van der Waals surface area contributed by atoms with E-state index in [0.717, 1.165) is 0 Å². The van der Waals surface area contributed by atoms with E-state index in [2.05, 4.69) is 52.0 Å². The van der Waals surface area contributed by atoms with Gasteiger partial charge in [0.2, 0.25) is 0 Å². The van der Waals surface area contributed by atoms with E-state index in [1.165, 1.54) is 6.42 Å². The predicted molar refractivity (Wildman–Crippen MR) is 72.1 cm³/mol. The van der Waals surface area contributed by atoms with Gasteiger partial charge in [0.1, 0.15) is 0 Å². The fourth-order valence-electron chi connectivity index (χ4n) is 4.36. The summed E-state index contributed by atoms with van der Waals surface area (Å²) in [4.78, 5) is 0. The van der Waals surface area contributed by atoms with Gasteiger partial charge in [-0.25, -0.2) is 0 Å². The minimum Gasteiger partial charge on any atom is -0.327 e.